The van der Waals surface area contributed by atoms with Gasteiger partial charge in [-0.25, -0.2) is 0 Å². The van der Waals surface area contributed by atoms with Crippen LogP contribution in [0.15, 0.2) is 11.8 Å². The van der Waals surface area contributed by atoms with E-state index in [1.165, 1.54) is 6.08 Å². The molecule has 1 aliphatic heterocycles. The maximum absolute atomic E-state index is 7.06. The third-order valence-electron chi connectivity index (χ3n) is 1.35. The van der Waals surface area contributed by atoms with Crippen molar-refractivity contribution in [2.75, 3.05) is 0 Å². The Kier molecular flexibility index (Phi) is 1.02. The molecule has 9 heavy (non-hydrogen) atoms. The van der Waals surface area contributed by atoms with Crippen LogP contribution in [-0.2, 0) is 4.74 Å². The van der Waals surface area contributed by atoms with E-state index in [1.807, 2.05) is 13.8 Å². The fourth-order valence-corrected chi connectivity index (χ4v) is 0.678. The summed E-state index contributed by atoms with van der Waals surface area (Å²) in [4.78, 5) is 0. The molecule has 0 aromatic carbocycles. The molecular formula is C6H10N2O. The zero-order chi connectivity index (χ0) is 7.07. The molecule has 0 unspecified atom stereocenters. The highest BCUT2D eigenvalue weighted by Crippen LogP contribution is 2.22. The molecule has 1 rings (SSSR count). The number of hydrogen-bond donors (Lipinski definition) is 2. The molecule has 0 radical (unpaired) electrons. The summed E-state index contributed by atoms with van der Waals surface area (Å²) in [5.74, 6) is 0.150. The predicted molar refractivity (Wildman–Crippen MR) is 35.2 cm³/mol. The molecule has 0 atom stereocenters. The van der Waals surface area contributed by atoms with E-state index in [-0.39, 0.29) is 5.90 Å². The van der Waals surface area contributed by atoms with E-state index in [4.69, 9.17) is 15.9 Å². The van der Waals surface area contributed by atoms with E-state index in [0.717, 1.165) is 0 Å². The molecule has 3 N–H and O–H groups in total. The lowest BCUT2D eigenvalue weighted by Crippen LogP contribution is -2.27. The van der Waals surface area contributed by atoms with Crippen LogP contribution in [0.1, 0.15) is 13.8 Å². The zero-order valence-electron chi connectivity index (χ0n) is 5.56. The Balaban J connectivity index is 2.89. The molecule has 0 amide bonds. The summed E-state index contributed by atoms with van der Waals surface area (Å²) in [6.07, 6.45) is 1.53. The molecular weight excluding hydrogens is 116 g/mol. The maximum Gasteiger partial charge on any atom is 0.208 e. The van der Waals surface area contributed by atoms with Gasteiger partial charge in [0.05, 0.1) is 5.70 Å². The predicted octanol–water partition coefficient (Wildman–Crippen LogP) is 0.615. The first-order valence-electron chi connectivity index (χ1n) is 2.77. The van der Waals surface area contributed by atoms with Crippen LogP contribution < -0.4 is 5.73 Å². The molecule has 50 valence electrons. The van der Waals surface area contributed by atoms with Crippen molar-refractivity contribution in [1.82, 2.24) is 0 Å². The summed E-state index contributed by atoms with van der Waals surface area (Å²) in [6, 6.07) is 0. The van der Waals surface area contributed by atoms with Gasteiger partial charge in [0.2, 0.25) is 5.90 Å². The summed E-state index contributed by atoms with van der Waals surface area (Å²) < 4.78 is 5.03. The molecule has 0 aromatic rings. The number of nitrogens with one attached hydrogen (secondary N) is 1. The van der Waals surface area contributed by atoms with Crippen molar-refractivity contribution >= 4 is 5.90 Å². The van der Waals surface area contributed by atoms with Gasteiger partial charge in [0.25, 0.3) is 0 Å². The van der Waals surface area contributed by atoms with Gasteiger partial charge >= 0.3 is 0 Å². The average molecular weight is 126 g/mol. The van der Waals surface area contributed by atoms with Gasteiger partial charge in [-0.15, -0.1) is 0 Å². The highest BCUT2D eigenvalue weighted by molar-refractivity contribution is 5.88. The van der Waals surface area contributed by atoms with E-state index in [0.29, 0.717) is 5.70 Å². The number of hydrogen-bond acceptors (Lipinski definition) is 3. The van der Waals surface area contributed by atoms with Gasteiger partial charge in [-0.1, -0.05) is 0 Å². The Morgan fingerprint density at radius 2 is 2.22 bits per heavy atom. The van der Waals surface area contributed by atoms with E-state index >= 15 is 0 Å². The fraction of sp³-hybridized carbons (Fsp3) is 0.500. The Labute approximate surface area is 54.0 Å². The molecule has 0 saturated carbocycles. The Hall–Kier alpha value is -0.990. The first kappa shape index (κ1) is 6.13. The summed E-state index contributed by atoms with van der Waals surface area (Å²) in [7, 11) is 0. The molecule has 0 bridgehead atoms. The Morgan fingerprint density at radius 1 is 1.67 bits per heavy atom. The van der Waals surface area contributed by atoms with Crippen molar-refractivity contribution in [3.63, 3.8) is 0 Å². The number of rotatable bonds is 0. The van der Waals surface area contributed by atoms with Crippen LogP contribution in [0, 0.1) is 5.41 Å². The van der Waals surface area contributed by atoms with Gasteiger partial charge in [0, 0.05) is 6.08 Å². The Bertz CT molecular complexity index is 181. The van der Waals surface area contributed by atoms with E-state index in [2.05, 4.69) is 0 Å². The number of ether oxygens (including phenoxy) is 1. The van der Waals surface area contributed by atoms with Crippen molar-refractivity contribution in [1.29, 1.82) is 5.41 Å². The van der Waals surface area contributed by atoms with Gasteiger partial charge in [-0.3, -0.25) is 5.41 Å². The monoisotopic (exact) mass is 126 g/mol. The molecule has 0 aliphatic carbocycles. The quantitative estimate of drug-likeness (QED) is 0.499. The molecule has 3 heteroatoms. The minimum atomic E-state index is -0.461. The molecule has 0 spiro atoms. The van der Waals surface area contributed by atoms with Gasteiger partial charge in [0.1, 0.15) is 5.60 Å². The summed E-state index contributed by atoms with van der Waals surface area (Å²) in [5, 5.41) is 7.06. The molecule has 0 fully saturated rings. The van der Waals surface area contributed by atoms with Crippen LogP contribution in [0.3, 0.4) is 0 Å². The fourth-order valence-electron chi connectivity index (χ4n) is 0.678. The second kappa shape index (κ2) is 1.50. The third-order valence-corrected chi connectivity index (χ3v) is 1.35. The standard InChI is InChI=1S/C6H10N2O/c1-6(2)4(7)3-5(8)9-6/h3,8H,7H2,1-2H3. The van der Waals surface area contributed by atoms with E-state index < -0.39 is 5.60 Å². The lowest BCUT2D eigenvalue weighted by molar-refractivity contribution is 0.147. The summed E-state index contributed by atoms with van der Waals surface area (Å²) in [5.41, 5.74) is 5.66. The molecule has 3 nitrogen and oxygen atoms in total. The van der Waals surface area contributed by atoms with Crippen molar-refractivity contribution in [2.24, 2.45) is 5.73 Å². The highest BCUT2D eigenvalue weighted by atomic mass is 16.5. The first-order valence-corrected chi connectivity index (χ1v) is 2.77. The highest BCUT2D eigenvalue weighted by Gasteiger charge is 2.29. The zero-order valence-corrected chi connectivity index (χ0v) is 5.56. The first-order chi connectivity index (χ1) is 4.02. The van der Waals surface area contributed by atoms with Crippen molar-refractivity contribution in [3.05, 3.63) is 11.8 Å². The molecule has 1 aliphatic rings. The minimum Gasteiger partial charge on any atom is -0.466 e. The van der Waals surface area contributed by atoms with E-state index in [9.17, 15) is 0 Å². The topological polar surface area (TPSA) is 59.1 Å². The largest absolute Gasteiger partial charge is 0.466 e. The lowest BCUT2D eigenvalue weighted by atomic mass is 10.1. The Morgan fingerprint density at radius 3 is 2.33 bits per heavy atom. The van der Waals surface area contributed by atoms with Crippen LogP contribution >= 0.6 is 0 Å². The van der Waals surface area contributed by atoms with E-state index in [1.54, 1.807) is 0 Å². The van der Waals surface area contributed by atoms with Crippen LogP contribution in [-0.4, -0.2) is 11.5 Å². The second-order valence-electron chi connectivity index (χ2n) is 2.58. The van der Waals surface area contributed by atoms with Gasteiger partial charge in [-0.2, -0.15) is 0 Å². The SMILES string of the molecule is CC1(C)OC(=N)C=C1N. The number of nitrogens with two attached hydrogens (primary N) is 1. The summed E-state index contributed by atoms with van der Waals surface area (Å²) in [6.45, 7) is 3.67. The van der Waals surface area contributed by atoms with Crippen molar-refractivity contribution < 1.29 is 4.74 Å². The molecule has 1 heterocycles. The van der Waals surface area contributed by atoms with Crippen molar-refractivity contribution in [3.8, 4) is 0 Å². The third kappa shape index (κ3) is 0.896. The average Bonchev–Trinajstić information content (AvgIpc) is 1.79. The molecule has 0 saturated heterocycles. The lowest BCUT2D eigenvalue weighted by Gasteiger charge is -2.18. The van der Waals surface area contributed by atoms with Crippen molar-refractivity contribution in [2.45, 2.75) is 19.4 Å². The van der Waals surface area contributed by atoms with Crippen LogP contribution in [0.4, 0.5) is 0 Å². The van der Waals surface area contributed by atoms with Crippen LogP contribution in [0.2, 0.25) is 0 Å². The minimum absolute atomic E-state index is 0.150. The normalized spacial score (nSPS) is 23.3. The van der Waals surface area contributed by atoms with Gasteiger partial charge in [-0.05, 0) is 13.8 Å². The maximum atomic E-state index is 7.06. The van der Waals surface area contributed by atoms with Gasteiger partial charge in [0.15, 0.2) is 0 Å². The van der Waals surface area contributed by atoms with Crippen LogP contribution in [0.5, 0.6) is 0 Å². The van der Waals surface area contributed by atoms with Crippen LogP contribution in [0.25, 0.3) is 0 Å². The van der Waals surface area contributed by atoms with Gasteiger partial charge < -0.3 is 10.5 Å². The smallest absolute Gasteiger partial charge is 0.208 e. The second-order valence-corrected chi connectivity index (χ2v) is 2.58. The molecule has 0 aromatic heterocycles. The summed E-state index contributed by atoms with van der Waals surface area (Å²) >= 11 is 0.